The maximum absolute atomic E-state index is 12.8. The molecule has 0 unspecified atom stereocenters. The molecule has 156 valence electrons. The van der Waals surface area contributed by atoms with Crippen LogP contribution in [0.5, 0.6) is 5.88 Å². The summed E-state index contributed by atoms with van der Waals surface area (Å²) in [5.41, 5.74) is 0.606. The largest absolute Gasteiger partial charge is 0.481 e. The predicted molar refractivity (Wildman–Crippen MR) is 109 cm³/mol. The van der Waals surface area contributed by atoms with Crippen molar-refractivity contribution in [2.24, 2.45) is 0 Å². The summed E-state index contributed by atoms with van der Waals surface area (Å²) >= 11 is 0. The third kappa shape index (κ3) is 4.12. The highest BCUT2D eigenvalue weighted by Crippen LogP contribution is 2.29. The van der Waals surface area contributed by atoms with Crippen molar-refractivity contribution in [3.05, 3.63) is 35.5 Å². The van der Waals surface area contributed by atoms with Crippen LogP contribution < -0.4 is 4.74 Å². The fourth-order valence-corrected chi connectivity index (χ4v) is 4.33. The van der Waals surface area contributed by atoms with Crippen molar-refractivity contribution in [1.29, 1.82) is 0 Å². The van der Waals surface area contributed by atoms with Gasteiger partial charge < -0.3 is 14.2 Å². The zero-order valence-electron chi connectivity index (χ0n) is 17.5. The van der Waals surface area contributed by atoms with E-state index in [-0.39, 0.29) is 5.91 Å². The third-order valence-corrected chi connectivity index (χ3v) is 6.16. The van der Waals surface area contributed by atoms with Crippen LogP contribution in [0.3, 0.4) is 0 Å². The van der Waals surface area contributed by atoms with Crippen molar-refractivity contribution in [3.63, 3.8) is 0 Å². The summed E-state index contributed by atoms with van der Waals surface area (Å²) in [5, 5.41) is 9.04. The molecule has 4 heterocycles. The number of aromatic nitrogens is 4. The zero-order valence-corrected chi connectivity index (χ0v) is 17.5. The van der Waals surface area contributed by atoms with Crippen molar-refractivity contribution in [1.82, 2.24) is 29.5 Å². The van der Waals surface area contributed by atoms with E-state index in [2.05, 4.69) is 38.5 Å². The molecule has 0 aliphatic carbocycles. The van der Waals surface area contributed by atoms with Crippen molar-refractivity contribution >= 4 is 5.91 Å². The monoisotopic (exact) mass is 398 g/mol. The van der Waals surface area contributed by atoms with Crippen LogP contribution in [0.4, 0.5) is 0 Å². The zero-order chi connectivity index (χ0) is 20.4. The van der Waals surface area contributed by atoms with Gasteiger partial charge in [0, 0.05) is 63.4 Å². The van der Waals surface area contributed by atoms with Crippen LogP contribution in [0.2, 0.25) is 0 Å². The van der Waals surface area contributed by atoms with Gasteiger partial charge in [0.05, 0.1) is 12.7 Å². The number of fused-ring (bicyclic) bond motifs is 1. The Morgan fingerprint density at radius 3 is 2.55 bits per heavy atom. The summed E-state index contributed by atoms with van der Waals surface area (Å²) in [7, 11) is 1.57. The number of amides is 1. The van der Waals surface area contributed by atoms with Gasteiger partial charge in [0.25, 0.3) is 5.91 Å². The van der Waals surface area contributed by atoms with Gasteiger partial charge in [-0.15, -0.1) is 10.2 Å². The van der Waals surface area contributed by atoms with Crippen molar-refractivity contribution in [3.8, 4) is 5.88 Å². The molecular weight excluding hydrogens is 368 g/mol. The van der Waals surface area contributed by atoms with E-state index >= 15 is 0 Å². The Bertz CT molecular complexity index is 839. The fourth-order valence-electron chi connectivity index (χ4n) is 4.33. The topological polar surface area (TPSA) is 76.4 Å². The van der Waals surface area contributed by atoms with Gasteiger partial charge in [0.2, 0.25) is 5.88 Å². The number of methoxy groups -OCH3 is 1. The van der Waals surface area contributed by atoms with Crippen LogP contribution in [0, 0.1) is 0 Å². The summed E-state index contributed by atoms with van der Waals surface area (Å²) < 4.78 is 7.40. The first-order valence-corrected chi connectivity index (χ1v) is 10.5. The van der Waals surface area contributed by atoms with Crippen molar-refractivity contribution < 1.29 is 9.53 Å². The van der Waals surface area contributed by atoms with E-state index in [0.717, 1.165) is 63.6 Å². The Hall–Kier alpha value is -2.48. The Morgan fingerprint density at radius 2 is 1.90 bits per heavy atom. The van der Waals surface area contributed by atoms with Gasteiger partial charge in [0.1, 0.15) is 11.6 Å². The van der Waals surface area contributed by atoms with Crippen LogP contribution in [0.15, 0.2) is 18.3 Å². The molecule has 8 heteroatoms. The Morgan fingerprint density at radius 1 is 1.10 bits per heavy atom. The smallest absolute Gasteiger partial charge is 0.255 e. The molecule has 2 aliphatic rings. The van der Waals surface area contributed by atoms with Gasteiger partial charge in [-0.1, -0.05) is 0 Å². The molecule has 0 spiro atoms. The number of piperidine rings is 1. The van der Waals surface area contributed by atoms with Crippen molar-refractivity contribution in [2.75, 3.05) is 33.3 Å². The number of rotatable bonds is 4. The minimum atomic E-state index is 0.0336. The van der Waals surface area contributed by atoms with E-state index < -0.39 is 0 Å². The van der Waals surface area contributed by atoms with Gasteiger partial charge in [-0.25, -0.2) is 4.98 Å². The molecule has 29 heavy (non-hydrogen) atoms. The highest BCUT2D eigenvalue weighted by atomic mass is 16.5. The second-order valence-electron chi connectivity index (χ2n) is 8.16. The van der Waals surface area contributed by atoms with Crippen LogP contribution in [0.25, 0.3) is 0 Å². The summed E-state index contributed by atoms with van der Waals surface area (Å²) in [5.74, 6) is 3.12. The Labute approximate surface area is 171 Å². The molecule has 2 aromatic rings. The molecule has 1 saturated heterocycles. The average Bonchev–Trinajstić information content (AvgIpc) is 3.03. The van der Waals surface area contributed by atoms with E-state index in [1.807, 2.05) is 4.90 Å². The summed E-state index contributed by atoms with van der Waals surface area (Å²) in [6, 6.07) is 4.06. The van der Waals surface area contributed by atoms with Gasteiger partial charge in [-0.05, 0) is 32.8 Å². The fraction of sp³-hybridized carbons (Fsp3) is 0.619. The van der Waals surface area contributed by atoms with Crippen LogP contribution in [-0.2, 0) is 13.0 Å². The second-order valence-corrected chi connectivity index (χ2v) is 8.16. The Balaban J connectivity index is 1.39. The van der Waals surface area contributed by atoms with Crippen molar-refractivity contribution in [2.45, 2.75) is 51.6 Å². The van der Waals surface area contributed by atoms with Gasteiger partial charge in [0.15, 0.2) is 0 Å². The number of carbonyl (C=O) groups is 1. The van der Waals surface area contributed by atoms with E-state index in [1.165, 1.54) is 0 Å². The molecule has 0 bridgehead atoms. The number of hydrogen-bond acceptors (Lipinski definition) is 6. The number of hydrogen-bond donors (Lipinski definition) is 0. The molecule has 4 rings (SSSR count). The van der Waals surface area contributed by atoms with Crippen LogP contribution >= 0.6 is 0 Å². The van der Waals surface area contributed by atoms with Gasteiger partial charge in [-0.2, -0.15) is 0 Å². The van der Waals surface area contributed by atoms with Crippen LogP contribution in [0.1, 0.15) is 54.6 Å². The van der Waals surface area contributed by atoms with E-state index in [4.69, 9.17) is 4.74 Å². The minimum Gasteiger partial charge on any atom is -0.481 e. The SMILES string of the molecule is COc1ccc(C(=O)N2CCC(c3nnc4n3CCN(C(C)C)CC4)CC2)cn1. The number of ether oxygens (including phenoxy) is 1. The summed E-state index contributed by atoms with van der Waals surface area (Å²) in [6.45, 7) is 8.99. The maximum Gasteiger partial charge on any atom is 0.255 e. The van der Waals surface area contributed by atoms with Gasteiger partial charge >= 0.3 is 0 Å². The lowest BCUT2D eigenvalue weighted by molar-refractivity contribution is 0.0709. The third-order valence-electron chi connectivity index (χ3n) is 6.16. The van der Waals surface area contributed by atoms with E-state index in [9.17, 15) is 4.79 Å². The first-order valence-electron chi connectivity index (χ1n) is 10.5. The highest BCUT2D eigenvalue weighted by Gasteiger charge is 2.29. The summed E-state index contributed by atoms with van der Waals surface area (Å²) in [6.07, 6.45) is 4.38. The first kappa shape index (κ1) is 19.8. The lowest BCUT2D eigenvalue weighted by Gasteiger charge is -2.32. The molecule has 0 saturated carbocycles. The molecule has 8 nitrogen and oxygen atoms in total. The average molecular weight is 399 g/mol. The molecule has 0 aromatic carbocycles. The molecule has 2 aromatic heterocycles. The second kappa shape index (κ2) is 8.49. The molecule has 2 aliphatic heterocycles. The first-order chi connectivity index (χ1) is 14.1. The molecule has 1 fully saturated rings. The lowest BCUT2D eigenvalue weighted by atomic mass is 9.95. The molecule has 0 N–H and O–H groups in total. The lowest BCUT2D eigenvalue weighted by Crippen LogP contribution is -2.38. The number of pyridine rings is 1. The molecule has 0 radical (unpaired) electrons. The quantitative estimate of drug-likeness (QED) is 0.784. The normalized spacial score (nSPS) is 18.6. The van der Waals surface area contributed by atoms with E-state index in [0.29, 0.717) is 23.4 Å². The maximum atomic E-state index is 12.8. The van der Waals surface area contributed by atoms with Gasteiger partial charge in [-0.3, -0.25) is 9.69 Å². The number of nitrogens with zero attached hydrogens (tertiary/aromatic N) is 6. The van der Waals surface area contributed by atoms with Crippen LogP contribution in [-0.4, -0.2) is 74.8 Å². The number of likely N-dealkylation sites (tertiary alicyclic amines) is 1. The number of carbonyl (C=O) groups excluding carboxylic acids is 1. The standard InChI is InChI=1S/C21H30N6O2/c1-15(2)25-11-8-18-23-24-20(27(18)13-12-25)16-6-9-26(10-7-16)21(28)17-4-5-19(29-3)22-14-17/h4-5,14-16H,6-13H2,1-3H3. The highest BCUT2D eigenvalue weighted by molar-refractivity contribution is 5.94. The predicted octanol–water partition coefficient (Wildman–Crippen LogP) is 1.97. The summed E-state index contributed by atoms with van der Waals surface area (Å²) in [4.78, 5) is 21.3. The molecule has 1 amide bonds. The Kier molecular flexibility index (Phi) is 5.80. The minimum absolute atomic E-state index is 0.0336. The molecular formula is C21H30N6O2. The molecule has 0 atom stereocenters. The van der Waals surface area contributed by atoms with E-state index in [1.54, 1.807) is 25.4 Å².